The maximum Gasteiger partial charge on any atom is 0.418 e. The van der Waals surface area contributed by atoms with E-state index in [9.17, 15) is 17.6 Å². The largest absolute Gasteiger partial charge is 0.493 e. The van der Waals surface area contributed by atoms with Crippen LogP contribution < -0.4 is 10.5 Å². The molecule has 2 aromatic rings. The number of amidine groups is 1. The van der Waals surface area contributed by atoms with E-state index in [1.807, 2.05) is 0 Å². The predicted molar refractivity (Wildman–Crippen MR) is 87.1 cm³/mol. The summed E-state index contributed by atoms with van der Waals surface area (Å²) in [6.07, 6.45) is -4.49. The fraction of sp³-hybridized carbons (Fsp3) is 0.188. The van der Waals surface area contributed by atoms with Gasteiger partial charge >= 0.3 is 6.18 Å². The lowest BCUT2D eigenvalue weighted by Gasteiger charge is -2.10. The summed E-state index contributed by atoms with van der Waals surface area (Å²) in [7, 11) is 0. The van der Waals surface area contributed by atoms with Gasteiger partial charge in [0.15, 0.2) is 5.17 Å². The topological polar surface area (TPSA) is 47.6 Å². The van der Waals surface area contributed by atoms with Gasteiger partial charge in [0.2, 0.25) is 0 Å². The molecule has 0 aliphatic heterocycles. The molecule has 128 valence electrons. The van der Waals surface area contributed by atoms with Gasteiger partial charge in [0.1, 0.15) is 11.6 Å². The number of nitrogens with zero attached hydrogens (tertiary/aromatic N) is 1. The number of ether oxygens (including phenoxy) is 1. The zero-order chi connectivity index (χ0) is 17.6. The van der Waals surface area contributed by atoms with Crippen molar-refractivity contribution in [3.05, 3.63) is 59.9 Å². The second-order valence-corrected chi connectivity index (χ2v) is 5.73. The first-order chi connectivity index (χ1) is 11.4. The van der Waals surface area contributed by atoms with E-state index in [4.69, 9.17) is 10.5 Å². The van der Waals surface area contributed by atoms with E-state index in [2.05, 4.69) is 4.99 Å². The van der Waals surface area contributed by atoms with Crippen LogP contribution in [-0.2, 0) is 6.18 Å². The molecule has 8 heteroatoms. The van der Waals surface area contributed by atoms with Crippen molar-refractivity contribution in [1.29, 1.82) is 0 Å². The van der Waals surface area contributed by atoms with E-state index in [0.29, 0.717) is 11.5 Å². The smallest absolute Gasteiger partial charge is 0.418 e. The normalized spacial score (nSPS) is 12.2. The molecule has 0 saturated heterocycles. The number of hydrogen-bond donors (Lipinski definition) is 1. The Labute approximate surface area is 140 Å². The van der Waals surface area contributed by atoms with Crippen molar-refractivity contribution in [3.63, 3.8) is 0 Å². The highest BCUT2D eigenvalue weighted by Gasteiger charge is 2.33. The molecule has 0 amide bonds. The summed E-state index contributed by atoms with van der Waals surface area (Å²) in [5, 5.41) is 0.00871. The molecule has 0 spiro atoms. The van der Waals surface area contributed by atoms with E-state index in [1.54, 1.807) is 0 Å². The van der Waals surface area contributed by atoms with Crippen molar-refractivity contribution in [2.75, 3.05) is 12.4 Å². The fourth-order valence-corrected chi connectivity index (χ4v) is 2.34. The van der Waals surface area contributed by atoms with Gasteiger partial charge in [0, 0.05) is 5.75 Å². The van der Waals surface area contributed by atoms with Crippen LogP contribution in [0.3, 0.4) is 0 Å². The maximum atomic E-state index is 12.9. The summed E-state index contributed by atoms with van der Waals surface area (Å²) >= 11 is 1.07. The number of para-hydroxylation sites is 1. The van der Waals surface area contributed by atoms with Gasteiger partial charge in [0.25, 0.3) is 0 Å². The van der Waals surface area contributed by atoms with Crippen LogP contribution in [0.2, 0.25) is 0 Å². The Kier molecular flexibility index (Phi) is 6.08. The van der Waals surface area contributed by atoms with Crippen molar-refractivity contribution in [1.82, 2.24) is 0 Å². The number of halogens is 4. The minimum Gasteiger partial charge on any atom is -0.493 e. The van der Waals surface area contributed by atoms with E-state index >= 15 is 0 Å². The number of benzene rings is 2. The summed E-state index contributed by atoms with van der Waals surface area (Å²) in [5.74, 6) is 0.521. The Balaban J connectivity index is 1.89. The summed E-state index contributed by atoms with van der Waals surface area (Å²) in [4.78, 5) is 3.81. The summed E-state index contributed by atoms with van der Waals surface area (Å²) < 4.78 is 56.7. The van der Waals surface area contributed by atoms with Gasteiger partial charge in [-0.3, -0.25) is 0 Å². The van der Waals surface area contributed by atoms with Crippen LogP contribution in [-0.4, -0.2) is 17.5 Å². The maximum absolute atomic E-state index is 12.9. The molecule has 0 radical (unpaired) electrons. The van der Waals surface area contributed by atoms with Gasteiger partial charge < -0.3 is 10.5 Å². The average molecular weight is 358 g/mol. The molecule has 0 atom stereocenters. The Hall–Kier alpha value is -2.22. The molecule has 0 aliphatic rings. The zero-order valence-corrected chi connectivity index (χ0v) is 13.2. The molecule has 3 nitrogen and oxygen atoms in total. The highest BCUT2D eigenvalue weighted by Crippen LogP contribution is 2.36. The Morgan fingerprint density at radius 1 is 1.08 bits per heavy atom. The lowest BCUT2D eigenvalue weighted by molar-refractivity contribution is -0.137. The number of thioether (sulfide) groups is 1. The van der Waals surface area contributed by atoms with Crippen LogP contribution in [0.4, 0.5) is 23.2 Å². The van der Waals surface area contributed by atoms with Crippen molar-refractivity contribution >= 4 is 22.6 Å². The second kappa shape index (κ2) is 8.05. The molecule has 0 unspecified atom stereocenters. The molecular weight excluding hydrogens is 344 g/mol. The third kappa shape index (κ3) is 5.45. The standard InChI is InChI=1S/C16H14F4N2OS/c17-11-5-7-12(8-6-11)23-9-10-24-15(21)22-14-4-2-1-3-13(14)16(18,19)20/h1-8H,9-10H2,(H2,21,22). The lowest BCUT2D eigenvalue weighted by atomic mass is 10.2. The third-order valence-electron chi connectivity index (χ3n) is 2.86. The number of aliphatic imine (C=N–C) groups is 1. The first-order valence-electron chi connectivity index (χ1n) is 6.88. The number of hydrogen-bond acceptors (Lipinski definition) is 3. The van der Waals surface area contributed by atoms with E-state index in [0.717, 1.165) is 17.8 Å². The first kappa shape index (κ1) is 18.1. The molecule has 0 saturated carbocycles. The van der Waals surface area contributed by atoms with Gasteiger partial charge in [-0.1, -0.05) is 23.9 Å². The van der Waals surface area contributed by atoms with E-state index in [-0.39, 0.29) is 23.3 Å². The number of rotatable bonds is 5. The average Bonchev–Trinajstić information content (AvgIpc) is 2.53. The van der Waals surface area contributed by atoms with Gasteiger partial charge in [-0.25, -0.2) is 9.38 Å². The predicted octanol–water partition coefficient (Wildman–Crippen LogP) is 4.60. The zero-order valence-electron chi connectivity index (χ0n) is 12.4. The van der Waals surface area contributed by atoms with Gasteiger partial charge in [-0.15, -0.1) is 0 Å². The van der Waals surface area contributed by atoms with Gasteiger partial charge in [-0.2, -0.15) is 13.2 Å². The summed E-state index contributed by atoms with van der Waals surface area (Å²) in [6.45, 7) is 0.257. The van der Waals surface area contributed by atoms with Crippen LogP contribution in [0.25, 0.3) is 0 Å². The molecule has 2 rings (SSSR count). The van der Waals surface area contributed by atoms with Crippen LogP contribution in [0.1, 0.15) is 5.56 Å². The molecule has 0 aromatic heterocycles. The minimum absolute atomic E-state index is 0.00871. The summed E-state index contributed by atoms with van der Waals surface area (Å²) in [5.41, 5.74) is 4.59. The van der Waals surface area contributed by atoms with Gasteiger partial charge in [-0.05, 0) is 36.4 Å². The molecular formula is C16H14F4N2OS. The van der Waals surface area contributed by atoms with Gasteiger partial charge in [0.05, 0.1) is 17.9 Å². The van der Waals surface area contributed by atoms with Crippen LogP contribution in [0, 0.1) is 5.82 Å². The quantitative estimate of drug-likeness (QED) is 0.368. The second-order valence-electron chi connectivity index (χ2n) is 4.62. The van der Waals surface area contributed by atoms with E-state index in [1.165, 1.54) is 42.5 Å². The molecule has 0 heterocycles. The monoisotopic (exact) mass is 358 g/mol. The molecule has 2 aromatic carbocycles. The molecule has 24 heavy (non-hydrogen) atoms. The molecule has 2 N–H and O–H groups in total. The number of alkyl halides is 3. The SMILES string of the molecule is NC(=Nc1ccccc1C(F)(F)F)SCCOc1ccc(F)cc1. The minimum atomic E-state index is -4.49. The Morgan fingerprint density at radius 3 is 2.42 bits per heavy atom. The van der Waals surface area contributed by atoms with Crippen molar-refractivity contribution in [3.8, 4) is 5.75 Å². The third-order valence-corrected chi connectivity index (χ3v) is 3.61. The number of nitrogens with two attached hydrogens (primary N) is 1. The molecule has 0 fully saturated rings. The van der Waals surface area contributed by atoms with Crippen molar-refractivity contribution < 1.29 is 22.3 Å². The van der Waals surface area contributed by atoms with Crippen molar-refractivity contribution in [2.45, 2.75) is 6.18 Å². The van der Waals surface area contributed by atoms with Crippen LogP contribution in [0.15, 0.2) is 53.5 Å². The summed E-state index contributed by atoms with van der Waals surface area (Å²) in [6, 6.07) is 10.5. The van der Waals surface area contributed by atoms with Crippen molar-refractivity contribution in [2.24, 2.45) is 10.7 Å². The van der Waals surface area contributed by atoms with E-state index < -0.39 is 11.7 Å². The highest BCUT2D eigenvalue weighted by molar-refractivity contribution is 8.13. The Morgan fingerprint density at radius 2 is 1.75 bits per heavy atom. The molecule has 0 bridgehead atoms. The fourth-order valence-electron chi connectivity index (χ4n) is 1.80. The molecule has 0 aliphatic carbocycles. The van der Waals surface area contributed by atoms with Crippen LogP contribution >= 0.6 is 11.8 Å². The highest BCUT2D eigenvalue weighted by atomic mass is 32.2. The first-order valence-corrected chi connectivity index (χ1v) is 7.86. The lowest BCUT2D eigenvalue weighted by Crippen LogP contribution is -2.11. The van der Waals surface area contributed by atoms with Crippen LogP contribution in [0.5, 0.6) is 5.75 Å². The Bertz CT molecular complexity index is 702.